The lowest BCUT2D eigenvalue weighted by Crippen LogP contribution is -2.45. The Balaban J connectivity index is 1.63. The number of hydrogen-bond acceptors (Lipinski definition) is 4. The molecule has 2 heterocycles. The van der Waals surface area contributed by atoms with Crippen molar-refractivity contribution in [3.63, 3.8) is 0 Å². The van der Waals surface area contributed by atoms with Crippen LogP contribution < -0.4 is 5.32 Å². The zero-order valence-corrected chi connectivity index (χ0v) is 17.1. The third-order valence-corrected chi connectivity index (χ3v) is 6.84. The average Bonchev–Trinajstić information content (AvgIpc) is 3.21. The Kier molecular flexibility index (Phi) is 7.56. The fraction of sp³-hybridized carbons (Fsp3) is 0.667. The van der Waals surface area contributed by atoms with Crippen molar-refractivity contribution in [3.05, 3.63) is 23.9 Å². The number of pyridine rings is 1. The molecule has 0 bridgehead atoms. The highest BCUT2D eigenvalue weighted by molar-refractivity contribution is 7.99. The highest BCUT2D eigenvalue weighted by Gasteiger charge is 2.30. The number of piperidine rings is 1. The van der Waals surface area contributed by atoms with Crippen molar-refractivity contribution in [1.82, 2.24) is 15.2 Å². The van der Waals surface area contributed by atoms with Gasteiger partial charge in [-0.2, -0.15) is 0 Å². The molecule has 1 saturated heterocycles. The van der Waals surface area contributed by atoms with Crippen molar-refractivity contribution >= 4 is 23.6 Å². The van der Waals surface area contributed by atoms with E-state index in [1.54, 1.807) is 18.0 Å². The molecule has 0 spiro atoms. The molecule has 2 aliphatic rings. The fourth-order valence-electron chi connectivity index (χ4n) is 3.89. The molecule has 27 heavy (non-hydrogen) atoms. The lowest BCUT2D eigenvalue weighted by molar-refractivity contribution is -0.126. The lowest BCUT2D eigenvalue weighted by Gasteiger charge is -2.32. The molecule has 6 heteroatoms. The van der Waals surface area contributed by atoms with Crippen molar-refractivity contribution in [3.8, 4) is 0 Å². The van der Waals surface area contributed by atoms with Gasteiger partial charge in [0.1, 0.15) is 5.03 Å². The largest absolute Gasteiger partial charge is 0.356 e. The topological polar surface area (TPSA) is 62.3 Å². The Morgan fingerprint density at radius 3 is 2.85 bits per heavy atom. The number of amides is 2. The monoisotopic (exact) mass is 389 g/mol. The van der Waals surface area contributed by atoms with Crippen LogP contribution in [0.15, 0.2) is 23.4 Å². The van der Waals surface area contributed by atoms with E-state index >= 15 is 0 Å². The maximum atomic E-state index is 13.2. The summed E-state index contributed by atoms with van der Waals surface area (Å²) in [6.45, 7) is 4.08. The van der Waals surface area contributed by atoms with Crippen LogP contribution in [0.1, 0.15) is 68.6 Å². The van der Waals surface area contributed by atoms with Crippen molar-refractivity contribution in [2.24, 2.45) is 5.92 Å². The van der Waals surface area contributed by atoms with Gasteiger partial charge < -0.3 is 10.2 Å². The highest BCUT2D eigenvalue weighted by Crippen LogP contribution is 2.35. The summed E-state index contributed by atoms with van der Waals surface area (Å²) in [7, 11) is 0. The molecule has 1 aromatic heterocycles. The van der Waals surface area contributed by atoms with E-state index in [4.69, 9.17) is 0 Å². The molecule has 1 unspecified atom stereocenters. The van der Waals surface area contributed by atoms with Gasteiger partial charge in [0.05, 0.1) is 11.5 Å². The molecule has 0 radical (unpaired) electrons. The third kappa shape index (κ3) is 5.47. The Morgan fingerprint density at radius 1 is 1.26 bits per heavy atom. The Bertz CT molecular complexity index is 646. The number of hydrogen-bond donors (Lipinski definition) is 1. The second-order valence-corrected chi connectivity index (χ2v) is 8.90. The Hall–Kier alpha value is -1.56. The van der Waals surface area contributed by atoms with Gasteiger partial charge in [0, 0.05) is 31.1 Å². The molecule has 148 valence electrons. The van der Waals surface area contributed by atoms with E-state index in [-0.39, 0.29) is 17.7 Å². The molecule has 3 rings (SSSR count). The molecule has 1 saturated carbocycles. The maximum absolute atomic E-state index is 13.2. The van der Waals surface area contributed by atoms with E-state index in [2.05, 4.69) is 17.2 Å². The van der Waals surface area contributed by atoms with E-state index in [0.717, 1.165) is 43.8 Å². The number of likely N-dealkylation sites (tertiary alicyclic amines) is 1. The predicted octanol–water partition coefficient (Wildman–Crippen LogP) is 3.88. The van der Waals surface area contributed by atoms with Crippen LogP contribution in [-0.4, -0.2) is 46.6 Å². The number of nitrogens with one attached hydrogen (secondary N) is 1. The number of unbranched alkanes of at least 4 members (excludes halogenated alkanes) is 1. The van der Waals surface area contributed by atoms with Crippen molar-refractivity contribution < 1.29 is 9.59 Å². The summed E-state index contributed by atoms with van der Waals surface area (Å²) >= 11 is 1.75. The standard InChI is InChI=1S/C21H31N3O2S/c1-2-3-12-22-19(25)16-8-7-14-24(15-16)21(26)18-11-6-13-23-20(18)27-17-9-4-5-10-17/h6,11,13,16-17H,2-5,7-10,12,14-15H2,1H3,(H,22,25). The van der Waals surface area contributed by atoms with Crippen molar-refractivity contribution in [2.75, 3.05) is 19.6 Å². The minimum Gasteiger partial charge on any atom is -0.356 e. The van der Waals surface area contributed by atoms with Gasteiger partial charge in [-0.25, -0.2) is 4.98 Å². The van der Waals surface area contributed by atoms with Crippen LogP contribution in [0.25, 0.3) is 0 Å². The summed E-state index contributed by atoms with van der Waals surface area (Å²) in [5, 5.41) is 4.44. The van der Waals surface area contributed by atoms with Gasteiger partial charge in [0.15, 0.2) is 0 Å². The minimum absolute atomic E-state index is 0.0228. The molecule has 0 aromatic carbocycles. The highest BCUT2D eigenvalue weighted by atomic mass is 32.2. The van der Waals surface area contributed by atoms with Crippen LogP contribution in [0, 0.1) is 5.92 Å². The number of rotatable bonds is 7. The molecule has 1 aromatic rings. The fourth-order valence-corrected chi connectivity index (χ4v) is 5.18. The Morgan fingerprint density at radius 2 is 2.07 bits per heavy atom. The first-order valence-corrected chi connectivity index (χ1v) is 11.3. The minimum atomic E-state index is -0.0952. The molecule has 1 aliphatic heterocycles. The van der Waals surface area contributed by atoms with E-state index in [1.165, 1.54) is 25.7 Å². The van der Waals surface area contributed by atoms with Gasteiger partial charge in [0.25, 0.3) is 5.91 Å². The first kappa shape index (κ1) is 20.2. The van der Waals surface area contributed by atoms with Gasteiger partial charge in [-0.15, -0.1) is 11.8 Å². The number of carbonyl (C=O) groups is 2. The zero-order chi connectivity index (χ0) is 19.1. The molecule has 2 fully saturated rings. The number of carbonyl (C=O) groups excluding carboxylic acids is 2. The molecule has 1 N–H and O–H groups in total. The molecule has 2 amide bonds. The van der Waals surface area contributed by atoms with Crippen LogP contribution in [-0.2, 0) is 4.79 Å². The second kappa shape index (κ2) is 10.1. The van der Waals surface area contributed by atoms with Gasteiger partial charge in [-0.05, 0) is 44.2 Å². The summed E-state index contributed by atoms with van der Waals surface area (Å²) in [6.07, 6.45) is 10.5. The van der Waals surface area contributed by atoms with Crippen LogP contribution in [0.2, 0.25) is 0 Å². The molecular weight excluding hydrogens is 358 g/mol. The summed E-state index contributed by atoms with van der Waals surface area (Å²) in [5.41, 5.74) is 0.696. The van der Waals surface area contributed by atoms with E-state index in [0.29, 0.717) is 17.4 Å². The van der Waals surface area contributed by atoms with Crippen LogP contribution in [0.4, 0.5) is 0 Å². The average molecular weight is 390 g/mol. The third-order valence-electron chi connectivity index (χ3n) is 5.49. The number of thioether (sulfide) groups is 1. The van der Waals surface area contributed by atoms with Gasteiger partial charge in [-0.1, -0.05) is 26.2 Å². The van der Waals surface area contributed by atoms with Crippen LogP contribution in [0.3, 0.4) is 0 Å². The molecule has 1 aliphatic carbocycles. The van der Waals surface area contributed by atoms with Gasteiger partial charge in [-0.3, -0.25) is 9.59 Å². The van der Waals surface area contributed by atoms with E-state index in [9.17, 15) is 9.59 Å². The maximum Gasteiger partial charge on any atom is 0.256 e. The SMILES string of the molecule is CCCCNC(=O)C1CCCN(C(=O)c2cccnc2SC2CCCC2)C1. The summed E-state index contributed by atoms with van der Waals surface area (Å²) in [5.74, 6) is 0.0181. The Labute approximate surface area is 166 Å². The first-order chi connectivity index (χ1) is 13.2. The quantitative estimate of drug-likeness (QED) is 0.719. The normalized spacial score (nSPS) is 20.6. The van der Waals surface area contributed by atoms with Crippen LogP contribution >= 0.6 is 11.8 Å². The lowest BCUT2D eigenvalue weighted by atomic mass is 9.96. The number of aromatic nitrogens is 1. The predicted molar refractivity (Wildman–Crippen MR) is 109 cm³/mol. The summed E-state index contributed by atoms with van der Waals surface area (Å²) < 4.78 is 0. The number of nitrogens with zero attached hydrogens (tertiary/aromatic N) is 2. The first-order valence-electron chi connectivity index (χ1n) is 10.4. The van der Waals surface area contributed by atoms with Crippen molar-refractivity contribution in [1.29, 1.82) is 0 Å². The molecular formula is C21H31N3O2S. The summed E-state index contributed by atoms with van der Waals surface area (Å²) in [6, 6.07) is 3.72. The smallest absolute Gasteiger partial charge is 0.256 e. The van der Waals surface area contributed by atoms with Gasteiger partial charge in [0.2, 0.25) is 5.91 Å². The summed E-state index contributed by atoms with van der Waals surface area (Å²) in [4.78, 5) is 31.9. The van der Waals surface area contributed by atoms with Gasteiger partial charge >= 0.3 is 0 Å². The van der Waals surface area contributed by atoms with E-state index in [1.807, 2.05) is 17.0 Å². The van der Waals surface area contributed by atoms with E-state index < -0.39 is 0 Å². The van der Waals surface area contributed by atoms with Crippen LogP contribution in [0.5, 0.6) is 0 Å². The van der Waals surface area contributed by atoms with Crippen molar-refractivity contribution in [2.45, 2.75) is 68.6 Å². The zero-order valence-electron chi connectivity index (χ0n) is 16.3. The second-order valence-electron chi connectivity index (χ2n) is 7.62. The molecule has 1 atom stereocenters. The molecule has 5 nitrogen and oxygen atoms in total.